The Hall–Kier alpha value is -4.22. The van der Waals surface area contributed by atoms with Gasteiger partial charge in [-0.3, -0.25) is 4.79 Å². The number of rotatable bonds is 6. The van der Waals surface area contributed by atoms with E-state index in [1.165, 1.54) is 10.2 Å². The van der Waals surface area contributed by atoms with Gasteiger partial charge in [-0.05, 0) is 42.8 Å². The first kappa shape index (κ1) is 22.6. The summed E-state index contributed by atoms with van der Waals surface area (Å²) in [6, 6.07) is 30.3. The molecule has 0 atom stereocenters. The molecule has 5 rings (SSSR count). The zero-order chi connectivity index (χ0) is 24.2. The number of aryl methyl sites for hydroxylation is 1. The first-order chi connectivity index (χ1) is 17.1. The number of ether oxygens (including phenoxy) is 1. The highest BCUT2D eigenvalue weighted by atomic mass is 35.5. The second kappa shape index (κ2) is 9.95. The average molecular weight is 480 g/mol. The van der Waals surface area contributed by atoms with Gasteiger partial charge in [0, 0.05) is 16.1 Å². The predicted molar refractivity (Wildman–Crippen MR) is 141 cm³/mol. The Morgan fingerprint density at radius 2 is 1.74 bits per heavy atom. The van der Waals surface area contributed by atoms with Gasteiger partial charge in [-0.25, -0.2) is 4.98 Å². The SMILES string of the molecule is Cc1cccc(COc2ccc(Cl)cc2C=Nn2c(-c3ccccc3)nc3ccccc3c2=O)c1. The third-order valence-corrected chi connectivity index (χ3v) is 5.78. The number of nitrogens with zero attached hydrogens (tertiary/aromatic N) is 3. The van der Waals surface area contributed by atoms with Gasteiger partial charge in [0.05, 0.1) is 17.1 Å². The van der Waals surface area contributed by atoms with E-state index in [1.54, 1.807) is 30.5 Å². The van der Waals surface area contributed by atoms with Crippen molar-refractivity contribution in [1.82, 2.24) is 9.66 Å². The van der Waals surface area contributed by atoms with Crippen LogP contribution in [-0.4, -0.2) is 15.9 Å². The zero-order valence-corrected chi connectivity index (χ0v) is 19.8. The Labute approximate surface area is 207 Å². The maximum Gasteiger partial charge on any atom is 0.282 e. The molecule has 0 aliphatic carbocycles. The fourth-order valence-corrected chi connectivity index (χ4v) is 4.02. The number of hydrogen-bond donors (Lipinski definition) is 0. The first-order valence-corrected chi connectivity index (χ1v) is 11.6. The van der Waals surface area contributed by atoms with Gasteiger partial charge in [0.25, 0.3) is 5.56 Å². The molecule has 35 heavy (non-hydrogen) atoms. The normalized spacial score (nSPS) is 11.3. The minimum atomic E-state index is -0.255. The van der Waals surface area contributed by atoms with Gasteiger partial charge in [0.15, 0.2) is 5.82 Å². The Bertz CT molecular complexity index is 1590. The van der Waals surface area contributed by atoms with E-state index >= 15 is 0 Å². The van der Waals surface area contributed by atoms with Crippen molar-refractivity contribution in [2.24, 2.45) is 5.10 Å². The fourth-order valence-electron chi connectivity index (χ4n) is 3.84. The van der Waals surface area contributed by atoms with Gasteiger partial charge < -0.3 is 4.74 Å². The van der Waals surface area contributed by atoms with Gasteiger partial charge >= 0.3 is 0 Å². The highest BCUT2D eigenvalue weighted by molar-refractivity contribution is 6.30. The molecular formula is C29H22ClN3O2. The number of fused-ring (bicyclic) bond motifs is 1. The van der Waals surface area contributed by atoms with Crippen molar-refractivity contribution in [2.45, 2.75) is 13.5 Å². The molecule has 0 saturated heterocycles. The molecule has 5 aromatic rings. The highest BCUT2D eigenvalue weighted by Gasteiger charge is 2.12. The first-order valence-electron chi connectivity index (χ1n) is 11.2. The van der Waals surface area contributed by atoms with E-state index in [1.807, 2.05) is 73.7 Å². The Kier molecular flexibility index (Phi) is 6.42. The third kappa shape index (κ3) is 5.00. The summed E-state index contributed by atoms with van der Waals surface area (Å²) in [5, 5.41) is 5.59. The second-order valence-electron chi connectivity index (χ2n) is 8.14. The average Bonchev–Trinajstić information content (AvgIpc) is 2.88. The van der Waals surface area contributed by atoms with Crippen LogP contribution in [-0.2, 0) is 6.61 Å². The van der Waals surface area contributed by atoms with Crippen LogP contribution in [0.5, 0.6) is 5.75 Å². The van der Waals surface area contributed by atoms with Crippen molar-refractivity contribution < 1.29 is 4.74 Å². The quantitative estimate of drug-likeness (QED) is 0.262. The van der Waals surface area contributed by atoms with Crippen molar-refractivity contribution in [3.63, 3.8) is 0 Å². The lowest BCUT2D eigenvalue weighted by molar-refractivity contribution is 0.305. The van der Waals surface area contributed by atoms with Crippen LogP contribution in [0.1, 0.15) is 16.7 Å². The van der Waals surface area contributed by atoms with Crippen LogP contribution in [0, 0.1) is 6.92 Å². The van der Waals surface area contributed by atoms with Crippen molar-refractivity contribution >= 4 is 28.7 Å². The molecule has 0 aliphatic rings. The Morgan fingerprint density at radius 1 is 0.943 bits per heavy atom. The molecule has 0 N–H and O–H groups in total. The fraction of sp³-hybridized carbons (Fsp3) is 0.0690. The number of aromatic nitrogens is 2. The van der Waals surface area contributed by atoms with Gasteiger partial charge in [-0.1, -0.05) is 83.9 Å². The van der Waals surface area contributed by atoms with Crippen molar-refractivity contribution in [3.8, 4) is 17.1 Å². The zero-order valence-electron chi connectivity index (χ0n) is 19.1. The molecule has 0 fully saturated rings. The topological polar surface area (TPSA) is 56.5 Å². The van der Waals surface area contributed by atoms with Crippen LogP contribution >= 0.6 is 11.6 Å². The second-order valence-corrected chi connectivity index (χ2v) is 8.58. The van der Waals surface area contributed by atoms with Gasteiger partial charge in [-0.2, -0.15) is 9.78 Å². The number of para-hydroxylation sites is 1. The predicted octanol–water partition coefficient (Wildman–Crippen LogP) is 6.49. The van der Waals surface area contributed by atoms with Crippen molar-refractivity contribution in [1.29, 1.82) is 0 Å². The maximum atomic E-state index is 13.4. The van der Waals surface area contributed by atoms with Crippen molar-refractivity contribution in [3.05, 3.63) is 129 Å². The molecule has 4 aromatic carbocycles. The van der Waals surface area contributed by atoms with Gasteiger partial charge in [0.1, 0.15) is 12.4 Å². The van der Waals surface area contributed by atoms with E-state index in [0.717, 1.165) is 11.1 Å². The monoisotopic (exact) mass is 479 g/mol. The van der Waals surface area contributed by atoms with Gasteiger partial charge in [-0.15, -0.1) is 0 Å². The smallest absolute Gasteiger partial charge is 0.282 e. The molecular weight excluding hydrogens is 458 g/mol. The summed E-state index contributed by atoms with van der Waals surface area (Å²) >= 11 is 6.27. The molecule has 0 aliphatic heterocycles. The molecule has 0 spiro atoms. The minimum Gasteiger partial charge on any atom is -0.488 e. The number of halogens is 1. The van der Waals surface area contributed by atoms with Crippen LogP contribution in [0.25, 0.3) is 22.3 Å². The standard InChI is InChI=1S/C29H22ClN3O2/c1-20-8-7-9-21(16-20)19-35-27-15-14-24(30)17-23(27)18-31-33-28(22-10-3-2-4-11-22)32-26-13-6-5-12-25(26)29(33)34/h2-18H,19H2,1H3. The molecule has 5 nitrogen and oxygen atoms in total. The Balaban J connectivity index is 1.56. The summed E-state index contributed by atoms with van der Waals surface area (Å²) in [5.41, 5.74) is 4.03. The molecule has 0 bridgehead atoms. The van der Waals surface area contributed by atoms with E-state index in [-0.39, 0.29) is 5.56 Å². The Morgan fingerprint density at radius 3 is 2.57 bits per heavy atom. The summed E-state index contributed by atoms with van der Waals surface area (Å²) in [6.45, 7) is 2.44. The van der Waals surface area contributed by atoms with Crippen LogP contribution < -0.4 is 10.3 Å². The molecule has 1 aromatic heterocycles. The highest BCUT2D eigenvalue weighted by Crippen LogP contribution is 2.24. The molecule has 6 heteroatoms. The van der Waals surface area contributed by atoms with Crippen molar-refractivity contribution in [2.75, 3.05) is 0 Å². The van der Waals surface area contributed by atoms with E-state index < -0.39 is 0 Å². The summed E-state index contributed by atoms with van der Waals surface area (Å²) in [4.78, 5) is 18.1. The molecule has 172 valence electrons. The minimum absolute atomic E-state index is 0.255. The van der Waals surface area contributed by atoms with E-state index in [4.69, 9.17) is 21.3 Å². The third-order valence-electron chi connectivity index (χ3n) is 5.55. The molecule has 0 radical (unpaired) electrons. The largest absolute Gasteiger partial charge is 0.488 e. The van der Waals surface area contributed by atoms with Crippen LogP contribution in [0.4, 0.5) is 0 Å². The summed E-state index contributed by atoms with van der Waals surface area (Å²) in [7, 11) is 0. The lowest BCUT2D eigenvalue weighted by atomic mass is 10.1. The maximum absolute atomic E-state index is 13.4. The molecule has 0 saturated carbocycles. The lowest BCUT2D eigenvalue weighted by Crippen LogP contribution is -2.20. The summed E-state index contributed by atoms with van der Waals surface area (Å²) < 4.78 is 7.41. The van der Waals surface area contributed by atoms with E-state index in [9.17, 15) is 4.79 Å². The number of benzene rings is 4. The van der Waals surface area contributed by atoms with Gasteiger partial charge in [0.2, 0.25) is 0 Å². The van der Waals surface area contributed by atoms with Crippen LogP contribution in [0.3, 0.4) is 0 Å². The summed E-state index contributed by atoms with van der Waals surface area (Å²) in [6.07, 6.45) is 1.59. The molecule has 0 amide bonds. The van der Waals surface area contributed by atoms with Crippen LogP contribution in [0.15, 0.2) is 107 Å². The van der Waals surface area contributed by atoms with E-state index in [2.05, 4.69) is 11.2 Å². The number of hydrogen-bond acceptors (Lipinski definition) is 4. The summed E-state index contributed by atoms with van der Waals surface area (Å²) in [5.74, 6) is 1.07. The van der Waals surface area contributed by atoms with E-state index in [0.29, 0.717) is 39.7 Å². The lowest BCUT2D eigenvalue weighted by Gasteiger charge is -2.11. The van der Waals surface area contributed by atoms with Crippen LogP contribution in [0.2, 0.25) is 5.02 Å². The molecule has 1 heterocycles. The molecule has 0 unspecified atom stereocenters.